The summed E-state index contributed by atoms with van der Waals surface area (Å²) in [7, 11) is 0. The maximum absolute atomic E-state index is 13.3. The van der Waals surface area contributed by atoms with Crippen molar-refractivity contribution in [2.24, 2.45) is 0 Å². The Kier molecular flexibility index (Phi) is 4.77. The fraction of sp³-hybridized carbons (Fsp3) is 0.467. The van der Waals surface area contributed by atoms with Crippen LogP contribution in [-0.2, 0) is 9.59 Å². The van der Waals surface area contributed by atoms with Crippen molar-refractivity contribution in [2.75, 3.05) is 13.2 Å². The summed E-state index contributed by atoms with van der Waals surface area (Å²) >= 11 is 0. The highest BCUT2D eigenvalue weighted by atomic mass is 19.1. The highest BCUT2D eigenvalue weighted by Gasteiger charge is 2.31. The van der Waals surface area contributed by atoms with E-state index >= 15 is 0 Å². The molecule has 2 amide bonds. The molecule has 1 unspecified atom stereocenters. The smallest absolute Gasteiger partial charge is 0.258 e. The number of hydrogen-bond acceptors (Lipinski definition) is 3. The van der Waals surface area contributed by atoms with E-state index in [1.807, 2.05) is 13.8 Å². The normalized spacial score (nSPS) is 18.2. The Morgan fingerprint density at radius 3 is 2.81 bits per heavy atom. The highest BCUT2D eigenvalue weighted by molar-refractivity contribution is 5.83. The summed E-state index contributed by atoms with van der Waals surface area (Å²) in [5.41, 5.74) is 0. The number of benzene rings is 1. The molecule has 0 bridgehead atoms. The van der Waals surface area contributed by atoms with Crippen LogP contribution >= 0.6 is 0 Å². The summed E-state index contributed by atoms with van der Waals surface area (Å²) in [6, 6.07) is 5.82. The Labute approximate surface area is 123 Å². The van der Waals surface area contributed by atoms with Crippen LogP contribution in [0.25, 0.3) is 0 Å². The Bertz CT molecular complexity index is 533. The fourth-order valence-corrected chi connectivity index (χ4v) is 2.30. The van der Waals surface area contributed by atoms with Crippen molar-refractivity contribution in [1.29, 1.82) is 0 Å². The van der Waals surface area contributed by atoms with E-state index in [0.717, 1.165) is 0 Å². The van der Waals surface area contributed by atoms with Gasteiger partial charge in [-0.1, -0.05) is 12.1 Å². The number of carbonyl (C=O) groups is 2. The summed E-state index contributed by atoms with van der Waals surface area (Å²) in [6.07, 6.45) is 0.295. The summed E-state index contributed by atoms with van der Waals surface area (Å²) in [4.78, 5) is 25.2. The zero-order valence-corrected chi connectivity index (χ0v) is 12.1. The van der Waals surface area contributed by atoms with E-state index in [0.29, 0.717) is 13.0 Å². The Morgan fingerprint density at radius 1 is 1.48 bits per heavy atom. The van der Waals surface area contributed by atoms with Crippen molar-refractivity contribution < 1.29 is 18.7 Å². The van der Waals surface area contributed by atoms with Crippen molar-refractivity contribution >= 4 is 11.8 Å². The molecule has 1 N–H and O–H groups in total. The molecule has 1 fully saturated rings. The molecule has 1 heterocycles. The quantitative estimate of drug-likeness (QED) is 0.891. The lowest BCUT2D eigenvalue weighted by Gasteiger charge is -2.21. The molecule has 114 valence electrons. The second-order valence-corrected chi connectivity index (χ2v) is 5.33. The number of likely N-dealkylation sites (tertiary alicyclic amines) is 1. The number of para-hydroxylation sites is 1. The topological polar surface area (TPSA) is 58.6 Å². The van der Waals surface area contributed by atoms with E-state index in [4.69, 9.17) is 4.74 Å². The molecule has 0 radical (unpaired) electrons. The summed E-state index contributed by atoms with van der Waals surface area (Å²) in [6.45, 7) is 4.10. The van der Waals surface area contributed by atoms with Crippen LogP contribution in [0, 0.1) is 5.82 Å². The Hall–Kier alpha value is -2.11. The lowest BCUT2D eigenvalue weighted by molar-refractivity contribution is -0.129. The molecule has 5 nitrogen and oxygen atoms in total. The molecule has 0 spiro atoms. The van der Waals surface area contributed by atoms with Gasteiger partial charge in [0.15, 0.2) is 18.2 Å². The molecule has 1 aromatic carbocycles. The van der Waals surface area contributed by atoms with Gasteiger partial charge in [-0.15, -0.1) is 0 Å². The van der Waals surface area contributed by atoms with Crippen LogP contribution in [0.3, 0.4) is 0 Å². The largest absolute Gasteiger partial charge is 0.481 e. The molecule has 21 heavy (non-hydrogen) atoms. The minimum Gasteiger partial charge on any atom is -0.481 e. The van der Waals surface area contributed by atoms with Crippen LogP contribution in [-0.4, -0.2) is 41.9 Å². The van der Waals surface area contributed by atoms with Gasteiger partial charge in [0.25, 0.3) is 5.91 Å². The van der Waals surface area contributed by atoms with Gasteiger partial charge in [0.05, 0.1) is 6.04 Å². The molecular weight excluding hydrogens is 275 g/mol. The van der Waals surface area contributed by atoms with Crippen LogP contribution in [0.15, 0.2) is 24.3 Å². The van der Waals surface area contributed by atoms with E-state index in [1.54, 1.807) is 17.0 Å². The number of nitrogens with zero attached hydrogens (tertiary/aromatic N) is 1. The molecule has 6 heteroatoms. The van der Waals surface area contributed by atoms with Crippen LogP contribution in [0.1, 0.15) is 20.3 Å². The van der Waals surface area contributed by atoms with Gasteiger partial charge >= 0.3 is 0 Å². The standard InChI is InChI=1S/C15H19FN2O3/c1-10(2)18-8-11(7-15(18)20)17-14(19)9-21-13-6-4-3-5-12(13)16/h3-6,10-11H,7-9H2,1-2H3,(H,17,19). The van der Waals surface area contributed by atoms with Crippen molar-refractivity contribution in [2.45, 2.75) is 32.4 Å². The van der Waals surface area contributed by atoms with Gasteiger partial charge in [-0.05, 0) is 26.0 Å². The van der Waals surface area contributed by atoms with Gasteiger partial charge in [-0.3, -0.25) is 9.59 Å². The van der Waals surface area contributed by atoms with E-state index in [2.05, 4.69) is 5.32 Å². The van der Waals surface area contributed by atoms with Gasteiger partial charge < -0.3 is 15.0 Å². The predicted molar refractivity (Wildman–Crippen MR) is 75.3 cm³/mol. The molecule has 1 saturated heterocycles. The minimum atomic E-state index is -0.507. The average molecular weight is 294 g/mol. The number of amides is 2. The zero-order chi connectivity index (χ0) is 15.4. The van der Waals surface area contributed by atoms with Gasteiger partial charge in [-0.25, -0.2) is 4.39 Å². The second kappa shape index (κ2) is 6.56. The number of halogens is 1. The van der Waals surface area contributed by atoms with E-state index in [9.17, 15) is 14.0 Å². The van der Waals surface area contributed by atoms with Crippen LogP contribution in [0.4, 0.5) is 4.39 Å². The lowest BCUT2D eigenvalue weighted by Crippen LogP contribution is -2.40. The SMILES string of the molecule is CC(C)N1CC(NC(=O)COc2ccccc2F)CC1=O. The number of ether oxygens (including phenoxy) is 1. The number of hydrogen-bond donors (Lipinski definition) is 1. The summed E-state index contributed by atoms with van der Waals surface area (Å²) in [5, 5.41) is 2.73. The minimum absolute atomic E-state index is 0.0327. The molecule has 1 atom stereocenters. The van der Waals surface area contributed by atoms with Gasteiger partial charge in [-0.2, -0.15) is 0 Å². The third-order valence-electron chi connectivity index (χ3n) is 3.34. The first kappa shape index (κ1) is 15.3. The third kappa shape index (κ3) is 3.93. The van der Waals surface area contributed by atoms with Crippen molar-refractivity contribution in [1.82, 2.24) is 10.2 Å². The van der Waals surface area contributed by atoms with Gasteiger partial charge in [0.2, 0.25) is 5.91 Å². The first-order valence-corrected chi connectivity index (χ1v) is 6.93. The first-order chi connectivity index (χ1) is 9.97. The van der Waals surface area contributed by atoms with E-state index < -0.39 is 5.82 Å². The molecule has 2 rings (SSSR count). The molecular formula is C15H19FN2O3. The summed E-state index contributed by atoms with van der Waals surface area (Å²) < 4.78 is 18.5. The number of nitrogens with one attached hydrogen (secondary N) is 1. The van der Waals surface area contributed by atoms with E-state index in [1.165, 1.54) is 12.1 Å². The van der Waals surface area contributed by atoms with Crippen LogP contribution in [0.2, 0.25) is 0 Å². The third-order valence-corrected chi connectivity index (χ3v) is 3.34. The summed E-state index contributed by atoms with van der Waals surface area (Å²) in [5.74, 6) is -0.793. The van der Waals surface area contributed by atoms with Crippen LogP contribution in [0.5, 0.6) is 5.75 Å². The molecule has 1 aliphatic heterocycles. The highest BCUT2D eigenvalue weighted by Crippen LogP contribution is 2.16. The predicted octanol–water partition coefficient (Wildman–Crippen LogP) is 1.33. The van der Waals surface area contributed by atoms with Crippen LogP contribution < -0.4 is 10.1 Å². The van der Waals surface area contributed by atoms with Gasteiger partial charge in [0, 0.05) is 19.0 Å². The monoisotopic (exact) mass is 294 g/mol. The number of carbonyl (C=O) groups excluding carboxylic acids is 2. The Balaban J connectivity index is 1.81. The lowest BCUT2D eigenvalue weighted by atomic mass is 10.2. The molecule has 1 aliphatic rings. The van der Waals surface area contributed by atoms with E-state index in [-0.39, 0.29) is 36.3 Å². The van der Waals surface area contributed by atoms with Crippen molar-refractivity contribution in [3.05, 3.63) is 30.1 Å². The molecule has 1 aromatic rings. The maximum atomic E-state index is 13.3. The maximum Gasteiger partial charge on any atom is 0.258 e. The van der Waals surface area contributed by atoms with Crippen molar-refractivity contribution in [3.63, 3.8) is 0 Å². The van der Waals surface area contributed by atoms with Gasteiger partial charge in [0.1, 0.15) is 0 Å². The average Bonchev–Trinajstić information content (AvgIpc) is 2.79. The fourth-order valence-electron chi connectivity index (χ4n) is 2.30. The molecule has 0 saturated carbocycles. The second-order valence-electron chi connectivity index (χ2n) is 5.33. The Morgan fingerprint density at radius 2 is 2.19 bits per heavy atom. The molecule has 0 aromatic heterocycles. The first-order valence-electron chi connectivity index (χ1n) is 6.93. The van der Waals surface area contributed by atoms with Crippen molar-refractivity contribution in [3.8, 4) is 5.75 Å². The zero-order valence-electron chi connectivity index (χ0n) is 12.1. The number of rotatable bonds is 5. The molecule has 0 aliphatic carbocycles.